The highest BCUT2D eigenvalue weighted by Gasteiger charge is 2.71. The number of piperidine rings is 2. The van der Waals surface area contributed by atoms with E-state index in [1.807, 2.05) is 11.0 Å². The number of amides is 2. The first kappa shape index (κ1) is 22.3. The monoisotopic (exact) mass is 425 g/mol. The summed E-state index contributed by atoms with van der Waals surface area (Å²) < 4.78 is 0. The fourth-order valence-electron chi connectivity index (χ4n) is 6.80. The van der Waals surface area contributed by atoms with Gasteiger partial charge in [0.05, 0.1) is 0 Å². The van der Waals surface area contributed by atoms with Crippen LogP contribution in [0.1, 0.15) is 53.0 Å². The van der Waals surface area contributed by atoms with E-state index in [1.165, 1.54) is 5.56 Å². The molecule has 1 aliphatic carbocycles. The van der Waals surface area contributed by atoms with E-state index in [-0.39, 0.29) is 23.8 Å². The average Bonchev–Trinajstić information content (AvgIpc) is 2.97. The van der Waals surface area contributed by atoms with Gasteiger partial charge in [-0.3, -0.25) is 14.5 Å². The van der Waals surface area contributed by atoms with E-state index < -0.39 is 5.54 Å². The van der Waals surface area contributed by atoms with Crippen molar-refractivity contribution < 1.29 is 9.59 Å². The first-order chi connectivity index (χ1) is 14.7. The number of benzene rings is 1. The molecule has 5 rings (SSSR count). The van der Waals surface area contributed by atoms with Crippen LogP contribution in [0.2, 0.25) is 0 Å². The minimum atomic E-state index is -0.732. The number of fused-ring (bicyclic) bond motifs is 1. The molecule has 1 saturated carbocycles. The molecule has 3 saturated heterocycles. The molecule has 0 radical (unpaired) electrons. The maximum Gasteiger partial charge on any atom is 0.247 e. The van der Waals surface area contributed by atoms with Crippen LogP contribution in [-0.2, 0) is 16.1 Å². The smallest absolute Gasteiger partial charge is 0.247 e. The van der Waals surface area contributed by atoms with Gasteiger partial charge in [0.2, 0.25) is 11.8 Å². The SMILES string of the molecule is CC(=O)N1C[C@@H]2C[C@H]3CN(Cc4ccccc4)[C@@H]([C@@H]2CC(C)C)[C@]31C(=O)NCC(C)C. The van der Waals surface area contributed by atoms with Gasteiger partial charge in [0, 0.05) is 45.1 Å². The van der Waals surface area contributed by atoms with Gasteiger partial charge in [-0.25, -0.2) is 0 Å². The molecule has 5 heteroatoms. The molecule has 4 fully saturated rings. The Bertz CT molecular complexity index is 808. The molecule has 2 amide bonds. The molecule has 5 nitrogen and oxygen atoms in total. The Morgan fingerprint density at radius 1 is 1.10 bits per heavy atom. The molecule has 0 aromatic heterocycles. The second kappa shape index (κ2) is 8.57. The summed E-state index contributed by atoms with van der Waals surface area (Å²) in [6, 6.07) is 10.7. The lowest BCUT2D eigenvalue weighted by atomic mass is 9.56. The van der Waals surface area contributed by atoms with E-state index in [9.17, 15) is 9.59 Å². The Balaban J connectivity index is 1.76. The fourth-order valence-corrected chi connectivity index (χ4v) is 6.80. The Hall–Kier alpha value is -1.88. The molecule has 0 unspecified atom stereocenters. The van der Waals surface area contributed by atoms with Crippen molar-refractivity contribution in [2.24, 2.45) is 29.6 Å². The molecular formula is C26H39N3O2. The van der Waals surface area contributed by atoms with Gasteiger partial charge in [-0.05, 0) is 42.1 Å². The van der Waals surface area contributed by atoms with Crippen molar-refractivity contribution >= 4 is 11.8 Å². The van der Waals surface area contributed by atoms with Gasteiger partial charge in [-0.15, -0.1) is 0 Å². The van der Waals surface area contributed by atoms with E-state index in [1.54, 1.807) is 6.92 Å². The van der Waals surface area contributed by atoms with Crippen molar-refractivity contribution in [3.05, 3.63) is 35.9 Å². The predicted octanol–water partition coefficient (Wildman–Crippen LogP) is 3.54. The quantitative estimate of drug-likeness (QED) is 0.727. The van der Waals surface area contributed by atoms with E-state index in [0.717, 1.165) is 32.5 Å². The lowest BCUT2D eigenvalue weighted by Gasteiger charge is -2.61. The molecule has 1 aromatic rings. The summed E-state index contributed by atoms with van der Waals surface area (Å²) in [6.07, 6.45) is 2.16. The van der Waals surface area contributed by atoms with Crippen LogP contribution in [0.15, 0.2) is 30.3 Å². The van der Waals surface area contributed by atoms with Gasteiger partial charge in [0.25, 0.3) is 0 Å². The van der Waals surface area contributed by atoms with Crippen LogP contribution in [0.25, 0.3) is 0 Å². The highest BCUT2D eigenvalue weighted by molar-refractivity contribution is 5.93. The first-order valence-electron chi connectivity index (χ1n) is 12.1. The summed E-state index contributed by atoms with van der Waals surface area (Å²) in [6.45, 7) is 13.6. The Kier molecular flexibility index (Phi) is 6.17. The van der Waals surface area contributed by atoms with E-state index in [4.69, 9.17) is 0 Å². The zero-order valence-electron chi connectivity index (χ0n) is 19.8. The van der Waals surface area contributed by atoms with Gasteiger partial charge in [-0.1, -0.05) is 58.0 Å². The largest absolute Gasteiger partial charge is 0.354 e. The Labute approximate surface area is 187 Å². The minimum absolute atomic E-state index is 0.0453. The highest BCUT2D eigenvalue weighted by Crippen LogP contribution is 2.58. The molecule has 1 aromatic carbocycles. The molecule has 3 heterocycles. The van der Waals surface area contributed by atoms with Crippen molar-refractivity contribution in [3.8, 4) is 0 Å². The molecule has 3 aliphatic heterocycles. The lowest BCUT2D eigenvalue weighted by Crippen LogP contribution is -2.77. The van der Waals surface area contributed by atoms with Crippen LogP contribution < -0.4 is 5.32 Å². The number of carbonyl (C=O) groups excluding carboxylic acids is 2. The topological polar surface area (TPSA) is 52.7 Å². The van der Waals surface area contributed by atoms with Crippen LogP contribution in [0.5, 0.6) is 0 Å². The molecular weight excluding hydrogens is 386 g/mol. The molecule has 4 aliphatic rings. The number of carbonyl (C=O) groups is 2. The predicted molar refractivity (Wildman–Crippen MR) is 123 cm³/mol. The summed E-state index contributed by atoms with van der Waals surface area (Å²) >= 11 is 0. The number of nitrogens with zero attached hydrogens (tertiary/aromatic N) is 2. The standard InChI is InChI=1S/C26H39N3O2/c1-17(2)11-23-21-12-22-16-28(14-20-9-7-6-8-10-20)24(23)26(22,29(15-21)19(5)30)25(31)27-13-18(3)4/h6-10,17-18,21-24H,11-16H2,1-5H3,(H,27,31)/t21-,22-,23+,24-,26-/m0/s1. The maximum absolute atomic E-state index is 14.0. The molecule has 5 atom stereocenters. The van der Waals surface area contributed by atoms with E-state index in [0.29, 0.717) is 30.2 Å². The molecule has 170 valence electrons. The van der Waals surface area contributed by atoms with Crippen molar-refractivity contribution in [2.45, 2.75) is 65.6 Å². The van der Waals surface area contributed by atoms with Gasteiger partial charge in [-0.2, -0.15) is 0 Å². The zero-order chi connectivity index (χ0) is 22.3. The zero-order valence-corrected chi connectivity index (χ0v) is 19.8. The third-order valence-electron chi connectivity index (χ3n) is 7.77. The van der Waals surface area contributed by atoms with Crippen molar-refractivity contribution in [1.29, 1.82) is 0 Å². The number of likely N-dealkylation sites (tertiary alicyclic amines) is 1. The molecule has 31 heavy (non-hydrogen) atoms. The van der Waals surface area contributed by atoms with E-state index in [2.05, 4.69) is 62.2 Å². The number of hydrogen-bond acceptors (Lipinski definition) is 3. The van der Waals surface area contributed by atoms with Crippen LogP contribution in [-0.4, -0.2) is 52.8 Å². The van der Waals surface area contributed by atoms with Gasteiger partial charge in [0.1, 0.15) is 5.54 Å². The third kappa shape index (κ3) is 3.79. The summed E-state index contributed by atoms with van der Waals surface area (Å²) in [5.74, 6) is 2.22. The second-order valence-corrected chi connectivity index (χ2v) is 10.9. The van der Waals surface area contributed by atoms with Crippen molar-refractivity contribution in [3.63, 3.8) is 0 Å². The summed E-state index contributed by atoms with van der Waals surface area (Å²) in [4.78, 5) is 31.3. The minimum Gasteiger partial charge on any atom is -0.354 e. The fraction of sp³-hybridized carbons (Fsp3) is 0.692. The average molecular weight is 426 g/mol. The third-order valence-corrected chi connectivity index (χ3v) is 7.77. The van der Waals surface area contributed by atoms with Crippen molar-refractivity contribution in [2.75, 3.05) is 19.6 Å². The maximum atomic E-state index is 14.0. The lowest BCUT2D eigenvalue weighted by molar-refractivity contribution is -0.173. The summed E-state index contributed by atoms with van der Waals surface area (Å²) in [5.41, 5.74) is 0.547. The van der Waals surface area contributed by atoms with Gasteiger partial charge in [0.15, 0.2) is 0 Å². The summed E-state index contributed by atoms with van der Waals surface area (Å²) in [5, 5.41) is 3.25. The van der Waals surface area contributed by atoms with Gasteiger partial charge < -0.3 is 10.2 Å². The Morgan fingerprint density at radius 2 is 1.81 bits per heavy atom. The molecule has 0 spiro atoms. The van der Waals surface area contributed by atoms with E-state index >= 15 is 0 Å². The second-order valence-electron chi connectivity index (χ2n) is 10.9. The van der Waals surface area contributed by atoms with Crippen LogP contribution >= 0.6 is 0 Å². The van der Waals surface area contributed by atoms with Crippen LogP contribution in [0, 0.1) is 29.6 Å². The number of nitrogens with one attached hydrogen (secondary N) is 1. The normalized spacial score (nSPS) is 32.2. The number of hydrogen-bond donors (Lipinski definition) is 1. The van der Waals surface area contributed by atoms with Crippen LogP contribution in [0.4, 0.5) is 0 Å². The van der Waals surface area contributed by atoms with Crippen molar-refractivity contribution in [1.82, 2.24) is 15.1 Å². The first-order valence-corrected chi connectivity index (χ1v) is 12.1. The van der Waals surface area contributed by atoms with Crippen LogP contribution in [0.3, 0.4) is 0 Å². The number of rotatable bonds is 7. The van der Waals surface area contributed by atoms with Gasteiger partial charge >= 0.3 is 0 Å². The Morgan fingerprint density at radius 3 is 2.42 bits per heavy atom. The highest BCUT2D eigenvalue weighted by atomic mass is 16.2. The molecule has 4 bridgehead atoms. The summed E-state index contributed by atoms with van der Waals surface area (Å²) in [7, 11) is 0. The molecule has 1 N–H and O–H groups in total.